The Hall–Kier alpha value is -1.49. The highest BCUT2D eigenvalue weighted by Gasteiger charge is 2.31. The Morgan fingerprint density at radius 1 is 1.40 bits per heavy atom. The van der Waals surface area contributed by atoms with Gasteiger partial charge < -0.3 is 4.74 Å². The zero-order chi connectivity index (χ0) is 14.8. The summed E-state index contributed by atoms with van der Waals surface area (Å²) in [6.07, 6.45) is 1.23. The largest absolute Gasteiger partial charge is 0.381 e. The molecule has 0 spiro atoms. The van der Waals surface area contributed by atoms with Gasteiger partial charge in [-0.25, -0.2) is 12.8 Å². The van der Waals surface area contributed by atoms with Crippen molar-refractivity contribution in [2.75, 3.05) is 20.2 Å². The van der Waals surface area contributed by atoms with Gasteiger partial charge in [0.15, 0.2) is 0 Å². The van der Waals surface area contributed by atoms with Gasteiger partial charge in [0.05, 0.1) is 6.10 Å². The molecule has 0 aliphatic carbocycles. The Morgan fingerprint density at radius 2 is 2.05 bits per heavy atom. The van der Waals surface area contributed by atoms with Gasteiger partial charge >= 0.3 is 0 Å². The molecule has 1 heterocycles. The quantitative estimate of drug-likeness (QED) is 0.848. The number of methoxy groups -OCH3 is 1. The number of hydrogen-bond acceptors (Lipinski definition) is 4. The number of halogens is 1. The molecule has 20 heavy (non-hydrogen) atoms. The molecule has 1 aromatic rings. The fraction of sp³-hybridized carbons (Fsp3) is 0.462. The molecule has 1 saturated heterocycles. The van der Waals surface area contributed by atoms with Crippen molar-refractivity contribution >= 4 is 10.0 Å². The first-order valence-corrected chi connectivity index (χ1v) is 7.66. The van der Waals surface area contributed by atoms with E-state index >= 15 is 0 Å². The molecule has 0 atom stereocenters. The highest BCUT2D eigenvalue weighted by atomic mass is 32.2. The second-order valence-electron chi connectivity index (χ2n) is 4.56. The van der Waals surface area contributed by atoms with Gasteiger partial charge in [0.25, 0.3) is 0 Å². The third-order valence-corrected chi connectivity index (χ3v) is 5.38. The van der Waals surface area contributed by atoms with E-state index in [1.807, 2.05) is 0 Å². The third kappa shape index (κ3) is 2.68. The van der Waals surface area contributed by atoms with E-state index in [0.717, 1.165) is 6.07 Å². The van der Waals surface area contributed by atoms with Gasteiger partial charge in [0.2, 0.25) is 10.0 Å². The van der Waals surface area contributed by atoms with Gasteiger partial charge in [-0.15, -0.1) is 0 Å². The Kier molecular flexibility index (Phi) is 4.38. The average Bonchev–Trinajstić information content (AvgIpc) is 2.47. The molecule has 7 heteroatoms. The summed E-state index contributed by atoms with van der Waals surface area (Å²) in [5.74, 6) is -0.819. The number of ether oxygens (including phenoxy) is 1. The highest BCUT2D eigenvalue weighted by Crippen LogP contribution is 2.25. The fourth-order valence-electron chi connectivity index (χ4n) is 2.28. The van der Waals surface area contributed by atoms with Crippen molar-refractivity contribution in [1.82, 2.24) is 4.31 Å². The molecule has 1 fully saturated rings. The summed E-state index contributed by atoms with van der Waals surface area (Å²) >= 11 is 0. The van der Waals surface area contributed by atoms with Crippen molar-refractivity contribution < 1.29 is 17.5 Å². The number of nitriles is 1. The van der Waals surface area contributed by atoms with Crippen LogP contribution in [0.5, 0.6) is 0 Å². The first kappa shape index (κ1) is 14.9. The van der Waals surface area contributed by atoms with Crippen molar-refractivity contribution in [3.8, 4) is 6.07 Å². The van der Waals surface area contributed by atoms with E-state index in [9.17, 15) is 12.8 Å². The first-order chi connectivity index (χ1) is 9.50. The molecule has 1 aliphatic rings. The van der Waals surface area contributed by atoms with E-state index < -0.39 is 21.4 Å². The SMILES string of the molecule is COC1CCN(S(=O)(=O)c2cccc(F)c2C#N)CC1. The highest BCUT2D eigenvalue weighted by molar-refractivity contribution is 7.89. The molecule has 0 unspecified atom stereocenters. The maximum absolute atomic E-state index is 13.5. The van der Waals surface area contributed by atoms with E-state index in [1.54, 1.807) is 13.2 Å². The van der Waals surface area contributed by atoms with Crippen LogP contribution in [0.1, 0.15) is 18.4 Å². The minimum atomic E-state index is -3.84. The van der Waals surface area contributed by atoms with Crippen LogP contribution in [0.25, 0.3) is 0 Å². The maximum atomic E-state index is 13.5. The van der Waals surface area contributed by atoms with Crippen LogP contribution in [0.15, 0.2) is 23.1 Å². The van der Waals surface area contributed by atoms with Crippen LogP contribution in [0.2, 0.25) is 0 Å². The minimum Gasteiger partial charge on any atom is -0.381 e. The Bertz CT molecular complexity index is 632. The topological polar surface area (TPSA) is 70.4 Å². The lowest BCUT2D eigenvalue weighted by Gasteiger charge is -2.30. The number of benzene rings is 1. The summed E-state index contributed by atoms with van der Waals surface area (Å²) in [5, 5.41) is 8.95. The standard InChI is InChI=1S/C13H15FN2O3S/c1-19-10-5-7-16(8-6-10)20(17,18)13-4-2-3-12(14)11(13)9-15/h2-4,10H,5-8H2,1H3. The van der Waals surface area contributed by atoms with E-state index in [0.29, 0.717) is 25.9 Å². The maximum Gasteiger partial charge on any atom is 0.244 e. The molecule has 0 saturated carbocycles. The second kappa shape index (κ2) is 5.87. The molecule has 0 radical (unpaired) electrons. The van der Waals surface area contributed by atoms with Crippen LogP contribution < -0.4 is 0 Å². The molecule has 0 N–H and O–H groups in total. The third-order valence-electron chi connectivity index (χ3n) is 3.44. The summed E-state index contributed by atoms with van der Waals surface area (Å²) < 4.78 is 45.0. The number of sulfonamides is 1. The van der Waals surface area contributed by atoms with Crippen molar-refractivity contribution in [2.45, 2.75) is 23.8 Å². The van der Waals surface area contributed by atoms with Crippen molar-refractivity contribution in [1.29, 1.82) is 5.26 Å². The molecule has 5 nitrogen and oxygen atoms in total. The second-order valence-corrected chi connectivity index (χ2v) is 6.47. The summed E-state index contributed by atoms with van der Waals surface area (Å²) in [6.45, 7) is 0.616. The average molecular weight is 298 g/mol. The smallest absolute Gasteiger partial charge is 0.244 e. The lowest BCUT2D eigenvalue weighted by atomic mass is 10.1. The predicted molar refractivity (Wildman–Crippen MR) is 69.9 cm³/mol. The zero-order valence-electron chi connectivity index (χ0n) is 11.0. The Morgan fingerprint density at radius 3 is 2.60 bits per heavy atom. The van der Waals surface area contributed by atoms with E-state index in [1.165, 1.54) is 16.4 Å². The molecule has 108 valence electrons. The van der Waals surface area contributed by atoms with Gasteiger partial charge in [-0.2, -0.15) is 9.57 Å². The molecule has 0 amide bonds. The Labute approximate surface area is 117 Å². The minimum absolute atomic E-state index is 0.0457. The van der Waals surface area contributed by atoms with Gasteiger partial charge in [0.1, 0.15) is 22.3 Å². The van der Waals surface area contributed by atoms with E-state index in [-0.39, 0.29) is 11.0 Å². The predicted octanol–water partition coefficient (Wildman–Crippen LogP) is 1.50. The van der Waals surface area contributed by atoms with E-state index in [4.69, 9.17) is 10.00 Å². The lowest BCUT2D eigenvalue weighted by Crippen LogP contribution is -2.40. The molecule has 1 aromatic carbocycles. The monoisotopic (exact) mass is 298 g/mol. The molecule has 0 bridgehead atoms. The summed E-state index contributed by atoms with van der Waals surface area (Å²) in [6, 6.07) is 5.26. The fourth-order valence-corrected chi connectivity index (χ4v) is 3.90. The normalized spacial score (nSPS) is 17.9. The number of piperidine rings is 1. The summed E-state index contributed by atoms with van der Waals surface area (Å²) in [5.41, 5.74) is -0.429. The number of hydrogen-bond donors (Lipinski definition) is 0. The van der Waals surface area contributed by atoms with Crippen LogP contribution in [-0.4, -0.2) is 39.0 Å². The van der Waals surface area contributed by atoms with Gasteiger partial charge in [0, 0.05) is 20.2 Å². The molecular weight excluding hydrogens is 283 g/mol. The van der Waals surface area contributed by atoms with Crippen LogP contribution in [0.4, 0.5) is 4.39 Å². The lowest BCUT2D eigenvalue weighted by molar-refractivity contribution is 0.0604. The number of nitrogens with zero attached hydrogens (tertiary/aromatic N) is 2. The first-order valence-electron chi connectivity index (χ1n) is 6.22. The van der Waals surface area contributed by atoms with Crippen LogP contribution in [0.3, 0.4) is 0 Å². The van der Waals surface area contributed by atoms with Gasteiger partial charge in [-0.3, -0.25) is 0 Å². The van der Waals surface area contributed by atoms with Crippen LogP contribution in [-0.2, 0) is 14.8 Å². The van der Waals surface area contributed by atoms with Crippen molar-refractivity contribution in [3.63, 3.8) is 0 Å². The van der Waals surface area contributed by atoms with Gasteiger partial charge in [-0.05, 0) is 25.0 Å². The zero-order valence-corrected chi connectivity index (χ0v) is 11.9. The number of rotatable bonds is 3. The van der Waals surface area contributed by atoms with Crippen molar-refractivity contribution in [2.24, 2.45) is 0 Å². The van der Waals surface area contributed by atoms with E-state index in [2.05, 4.69) is 0 Å². The summed E-state index contributed by atoms with van der Waals surface area (Å²) in [4.78, 5) is -0.268. The summed E-state index contributed by atoms with van der Waals surface area (Å²) in [7, 11) is -2.25. The van der Waals surface area contributed by atoms with Crippen molar-refractivity contribution in [3.05, 3.63) is 29.6 Å². The molecular formula is C13H15FN2O3S. The molecule has 2 rings (SSSR count). The van der Waals surface area contributed by atoms with Gasteiger partial charge in [-0.1, -0.05) is 6.07 Å². The Balaban J connectivity index is 2.33. The molecule has 1 aliphatic heterocycles. The molecule has 0 aromatic heterocycles. The van der Waals surface area contributed by atoms with Crippen LogP contribution >= 0.6 is 0 Å². The van der Waals surface area contributed by atoms with Crippen LogP contribution in [0, 0.1) is 17.1 Å².